The van der Waals surface area contributed by atoms with Crippen molar-refractivity contribution >= 4 is 50.6 Å². The normalized spacial score (nSPS) is 14.5. The van der Waals surface area contributed by atoms with Crippen molar-refractivity contribution in [1.82, 2.24) is 9.66 Å². The van der Waals surface area contributed by atoms with Gasteiger partial charge in [0.05, 0.1) is 23.7 Å². The summed E-state index contributed by atoms with van der Waals surface area (Å²) in [4.78, 5) is 29.5. The number of aromatic nitrogens is 2. The molecule has 1 amide bonds. The van der Waals surface area contributed by atoms with Crippen molar-refractivity contribution in [2.75, 3.05) is 13.2 Å². The zero-order valence-corrected chi connectivity index (χ0v) is 21.6. The topological polar surface area (TPSA) is 109 Å². The second-order valence-corrected chi connectivity index (χ2v) is 9.46. The minimum absolute atomic E-state index is 0.161. The fraction of sp³-hybridized carbons (Fsp3) is 0.360. The van der Waals surface area contributed by atoms with Crippen LogP contribution < -0.4 is 20.8 Å². The van der Waals surface area contributed by atoms with Crippen LogP contribution in [0.4, 0.5) is 0 Å². The maximum absolute atomic E-state index is 13.4. The molecule has 1 heterocycles. The van der Waals surface area contributed by atoms with Crippen LogP contribution in [0, 0.1) is 0 Å². The molecule has 8 nitrogen and oxygen atoms in total. The van der Waals surface area contributed by atoms with E-state index in [9.17, 15) is 9.59 Å². The van der Waals surface area contributed by atoms with Gasteiger partial charge in [0.1, 0.15) is 10.8 Å². The quantitative estimate of drug-likeness (QED) is 0.389. The molecule has 2 aromatic carbocycles. The minimum Gasteiger partial charge on any atom is -0.490 e. The highest BCUT2D eigenvalue weighted by Gasteiger charge is 2.23. The van der Waals surface area contributed by atoms with Crippen LogP contribution in [0.25, 0.3) is 10.9 Å². The third kappa shape index (κ3) is 5.51. The summed E-state index contributed by atoms with van der Waals surface area (Å²) in [5, 5.41) is 5.28. The molecule has 0 radical (unpaired) electrons. The van der Waals surface area contributed by atoms with Gasteiger partial charge in [0.25, 0.3) is 11.5 Å². The number of carbonyl (C=O) groups excluding carboxylic acids is 1. The van der Waals surface area contributed by atoms with Crippen molar-refractivity contribution in [3.05, 3.63) is 61.6 Å². The lowest BCUT2D eigenvalue weighted by Gasteiger charge is -2.22. The van der Waals surface area contributed by atoms with Crippen LogP contribution in [0.1, 0.15) is 56.3 Å². The van der Waals surface area contributed by atoms with Gasteiger partial charge in [0.2, 0.25) is 0 Å². The number of hydrogen-bond acceptors (Lipinski definition) is 6. The predicted octanol–water partition coefficient (Wildman–Crippen LogP) is 5.01. The molecule has 0 spiro atoms. The first kappa shape index (κ1) is 25.2. The zero-order chi connectivity index (χ0) is 24.9. The summed E-state index contributed by atoms with van der Waals surface area (Å²) in [6.07, 6.45) is 6.87. The number of hydrogen-bond donors (Lipinski definition) is 1. The molecule has 1 fully saturated rings. The van der Waals surface area contributed by atoms with Crippen LogP contribution >= 0.6 is 27.5 Å². The molecule has 3 aromatic rings. The molecular formula is C25H26BrClN4O4. The molecule has 0 bridgehead atoms. The Morgan fingerprint density at radius 1 is 1.29 bits per heavy atom. The molecule has 184 valence electrons. The van der Waals surface area contributed by atoms with Crippen LogP contribution in [0.5, 0.6) is 11.5 Å². The Morgan fingerprint density at radius 3 is 2.74 bits per heavy atom. The number of rotatable bonds is 8. The maximum Gasteiger partial charge on any atom is 0.282 e. The van der Waals surface area contributed by atoms with E-state index in [1.165, 1.54) is 11.1 Å². The monoisotopic (exact) mass is 560 g/mol. The molecule has 0 saturated heterocycles. The molecule has 0 aliphatic heterocycles. The van der Waals surface area contributed by atoms with E-state index in [0.29, 0.717) is 39.1 Å². The smallest absolute Gasteiger partial charge is 0.282 e. The lowest BCUT2D eigenvalue weighted by molar-refractivity contribution is -0.119. The Hall–Kier alpha value is -2.91. The number of nitrogens with two attached hydrogens (primary N) is 1. The third-order valence-corrected chi connectivity index (χ3v) is 7.32. The summed E-state index contributed by atoms with van der Waals surface area (Å²) >= 11 is 9.99. The lowest BCUT2D eigenvalue weighted by atomic mass is 9.88. The van der Waals surface area contributed by atoms with Gasteiger partial charge in [-0.2, -0.15) is 9.78 Å². The Kier molecular flexibility index (Phi) is 8.07. The fourth-order valence-corrected chi connectivity index (χ4v) is 4.89. The van der Waals surface area contributed by atoms with Crippen LogP contribution in [-0.2, 0) is 4.79 Å². The Labute approximate surface area is 216 Å². The summed E-state index contributed by atoms with van der Waals surface area (Å²) in [6.45, 7) is 1.82. The number of fused-ring (bicyclic) bond motifs is 1. The van der Waals surface area contributed by atoms with E-state index in [0.717, 1.165) is 25.7 Å². The van der Waals surface area contributed by atoms with Crippen LogP contribution in [-0.4, -0.2) is 35.0 Å². The van der Waals surface area contributed by atoms with Crippen molar-refractivity contribution in [3.8, 4) is 11.5 Å². The van der Waals surface area contributed by atoms with Crippen molar-refractivity contribution < 1.29 is 14.3 Å². The van der Waals surface area contributed by atoms with Gasteiger partial charge >= 0.3 is 0 Å². The zero-order valence-electron chi connectivity index (χ0n) is 19.3. The summed E-state index contributed by atoms with van der Waals surface area (Å²) in [7, 11) is 0. The van der Waals surface area contributed by atoms with Crippen LogP contribution in [0.15, 0.2) is 44.7 Å². The number of ether oxygens (including phenoxy) is 2. The molecule has 4 rings (SSSR count). The van der Waals surface area contributed by atoms with Gasteiger partial charge in [-0.15, -0.1) is 0 Å². The number of halogens is 2. The van der Waals surface area contributed by atoms with Gasteiger partial charge in [-0.1, -0.05) is 43.0 Å². The average Bonchev–Trinajstić information content (AvgIpc) is 2.86. The van der Waals surface area contributed by atoms with Crippen molar-refractivity contribution in [3.63, 3.8) is 0 Å². The molecule has 1 saturated carbocycles. The number of primary amides is 1. The molecule has 2 N–H and O–H groups in total. The molecule has 10 heteroatoms. The molecular weight excluding hydrogens is 536 g/mol. The molecule has 1 aliphatic rings. The highest BCUT2D eigenvalue weighted by atomic mass is 79.9. The Bertz CT molecular complexity index is 1340. The minimum atomic E-state index is -0.635. The van der Waals surface area contributed by atoms with Gasteiger partial charge in [-0.3, -0.25) is 9.59 Å². The van der Waals surface area contributed by atoms with Crippen molar-refractivity contribution in [2.45, 2.75) is 44.9 Å². The van der Waals surface area contributed by atoms with Gasteiger partial charge in [-0.25, -0.2) is 4.98 Å². The second-order valence-electron chi connectivity index (χ2n) is 8.29. The highest BCUT2D eigenvalue weighted by Crippen LogP contribution is 2.42. The molecule has 1 aliphatic carbocycles. The van der Waals surface area contributed by atoms with Crippen LogP contribution in [0.3, 0.4) is 0 Å². The summed E-state index contributed by atoms with van der Waals surface area (Å²) in [5.41, 5.74) is 6.22. The van der Waals surface area contributed by atoms with E-state index < -0.39 is 5.91 Å². The van der Waals surface area contributed by atoms with Gasteiger partial charge in [0.15, 0.2) is 18.1 Å². The summed E-state index contributed by atoms with van der Waals surface area (Å²) < 4.78 is 13.0. The first-order chi connectivity index (χ1) is 16.9. The van der Waals surface area contributed by atoms with E-state index in [2.05, 4.69) is 21.0 Å². The highest BCUT2D eigenvalue weighted by molar-refractivity contribution is 9.10. The van der Waals surface area contributed by atoms with E-state index >= 15 is 0 Å². The first-order valence-electron chi connectivity index (χ1n) is 11.5. The lowest BCUT2D eigenvalue weighted by Crippen LogP contribution is -2.25. The summed E-state index contributed by atoms with van der Waals surface area (Å²) in [6, 6.07) is 8.98. The molecule has 1 aromatic heterocycles. The largest absolute Gasteiger partial charge is 0.490 e. The average molecular weight is 562 g/mol. The molecule has 0 atom stereocenters. The molecule has 0 unspecified atom stereocenters. The molecule has 35 heavy (non-hydrogen) atoms. The number of para-hydroxylation sites is 1. The summed E-state index contributed by atoms with van der Waals surface area (Å²) in [5.74, 6) is 0.722. The number of carbonyl (C=O) groups is 1. The van der Waals surface area contributed by atoms with E-state index in [-0.39, 0.29) is 28.9 Å². The van der Waals surface area contributed by atoms with Crippen LogP contribution in [0.2, 0.25) is 5.02 Å². The fourth-order valence-electron chi connectivity index (χ4n) is 4.24. The number of amides is 1. The Morgan fingerprint density at radius 2 is 2.03 bits per heavy atom. The predicted molar refractivity (Wildman–Crippen MR) is 140 cm³/mol. The second kappa shape index (κ2) is 11.2. The Balaban J connectivity index is 1.81. The number of benzene rings is 2. The standard InChI is InChI=1S/C25H26BrClN4O4/c1-2-34-19-12-16(21(26)22(27)23(19)35-14-20(28)32)13-29-31-24(15-8-4-3-5-9-15)30-18-11-7-6-10-17(18)25(31)33/h6-7,10-13,15H,2-5,8-9,14H2,1H3,(H2,28,32). The first-order valence-corrected chi connectivity index (χ1v) is 12.7. The SMILES string of the molecule is CCOc1cc(C=Nn2c(C3CCCCC3)nc3ccccc3c2=O)c(Br)c(Cl)c1OCC(N)=O. The van der Waals surface area contributed by atoms with Gasteiger partial charge in [-0.05, 0) is 53.9 Å². The van der Waals surface area contributed by atoms with Gasteiger partial charge < -0.3 is 15.2 Å². The maximum atomic E-state index is 13.4. The van der Waals surface area contributed by atoms with Crippen molar-refractivity contribution in [1.29, 1.82) is 0 Å². The van der Waals surface area contributed by atoms with Crippen molar-refractivity contribution in [2.24, 2.45) is 10.8 Å². The van der Waals surface area contributed by atoms with E-state index in [4.69, 9.17) is 31.8 Å². The van der Waals surface area contributed by atoms with E-state index in [1.54, 1.807) is 18.3 Å². The third-order valence-electron chi connectivity index (χ3n) is 5.88. The number of nitrogens with zero attached hydrogens (tertiary/aromatic N) is 3. The van der Waals surface area contributed by atoms with E-state index in [1.807, 2.05) is 25.1 Å². The van der Waals surface area contributed by atoms with Gasteiger partial charge in [0, 0.05) is 16.0 Å².